The Morgan fingerprint density at radius 1 is 1.30 bits per heavy atom. The van der Waals surface area contributed by atoms with E-state index >= 15 is 0 Å². The molecular weight excluding hydrogens is 292 g/mol. The van der Waals surface area contributed by atoms with Gasteiger partial charge in [-0.25, -0.2) is 13.1 Å². The number of nitrogens with one attached hydrogen (secondary N) is 1. The van der Waals surface area contributed by atoms with Gasteiger partial charge in [0.15, 0.2) is 0 Å². The molecule has 0 radical (unpaired) electrons. The van der Waals surface area contributed by atoms with Crippen molar-refractivity contribution in [3.05, 3.63) is 29.8 Å². The van der Waals surface area contributed by atoms with E-state index in [1.165, 1.54) is 0 Å². The number of benzene rings is 1. The summed E-state index contributed by atoms with van der Waals surface area (Å²) in [5.41, 5.74) is 6.56. The average molecular weight is 314 g/mol. The van der Waals surface area contributed by atoms with Crippen molar-refractivity contribution in [1.82, 2.24) is 4.72 Å². The van der Waals surface area contributed by atoms with Gasteiger partial charge in [0.25, 0.3) is 0 Å². The number of rotatable bonds is 6. The summed E-state index contributed by atoms with van der Waals surface area (Å²) >= 11 is 1.74. The molecule has 20 heavy (non-hydrogen) atoms. The average Bonchev–Trinajstić information content (AvgIpc) is 2.86. The van der Waals surface area contributed by atoms with Crippen LogP contribution in [-0.4, -0.2) is 32.5 Å². The summed E-state index contributed by atoms with van der Waals surface area (Å²) in [5.74, 6) is 0. The third kappa shape index (κ3) is 3.75. The Hall–Kier alpha value is -0.560. The molecule has 6 heteroatoms. The van der Waals surface area contributed by atoms with E-state index in [9.17, 15) is 8.42 Å². The molecule has 1 aromatic carbocycles. The molecule has 0 heterocycles. The molecule has 0 bridgehead atoms. The second-order valence-electron chi connectivity index (χ2n) is 5.12. The van der Waals surface area contributed by atoms with Crippen LogP contribution in [0.1, 0.15) is 24.8 Å². The lowest BCUT2D eigenvalue weighted by molar-refractivity contribution is 0.555. The molecular formula is C14H22N2O2S2. The van der Waals surface area contributed by atoms with E-state index in [2.05, 4.69) is 4.72 Å². The molecule has 0 saturated heterocycles. The number of hydrogen-bond acceptors (Lipinski definition) is 4. The third-order valence-corrected chi connectivity index (χ3v) is 6.40. The highest BCUT2D eigenvalue weighted by Gasteiger charge is 2.30. The summed E-state index contributed by atoms with van der Waals surface area (Å²) in [6.07, 6.45) is 5.91. The standard InChI is InChI=1S/C14H22N2O2S2/c1-19-14-4-2-3-13(14)16-20(17,18)12-7-5-11(6-8-12)9-10-15/h5-8,13-14,16H,2-4,9-10,15H2,1H3. The van der Waals surface area contributed by atoms with Crippen LogP contribution in [-0.2, 0) is 16.4 Å². The normalized spacial score (nSPS) is 23.1. The van der Waals surface area contributed by atoms with Gasteiger partial charge in [-0.1, -0.05) is 18.6 Å². The van der Waals surface area contributed by atoms with Crippen LogP contribution in [0.5, 0.6) is 0 Å². The number of hydrogen-bond donors (Lipinski definition) is 2. The summed E-state index contributed by atoms with van der Waals surface area (Å²) in [6, 6.07) is 7.05. The van der Waals surface area contributed by atoms with Crippen LogP contribution in [0.2, 0.25) is 0 Å². The predicted molar refractivity (Wildman–Crippen MR) is 84.5 cm³/mol. The van der Waals surface area contributed by atoms with Gasteiger partial charge in [-0.3, -0.25) is 0 Å². The minimum Gasteiger partial charge on any atom is -0.330 e. The zero-order valence-corrected chi connectivity index (χ0v) is 13.3. The molecule has 4 nitrogen and oxygen atoms in total. The van der Waals surface area contributed by atoms with Crippen molar-refractivity contribution in [3.8, 4) is 0 Å². The van der Waals surface area contributed by atoms with Gasteiger partial charge in [0.1, 0.15) is 0 Å². The van der Waals surface area contributed by atoms with Gasteiger partial charge in [-0.05, 0) is 49.8 Å². The lowest BCUT2D eigenvalue weighted by Gasteiger charge is -2.19. The zero-order valence-electron chi connectivity index (χ0n) is 11.7. The maximum Gasteiger partial charge on any atom is 0.240 e. The van der Waals surface area contributed by atoms with Crippen LogP contribution in [0.25, 0.3) is 0 Å². The van der Waals surface area contributed by atoms with Crippen LogP contribution in [0.15, 0.2) is 29.2 Å². The zero-order chi connectivity index (χ0) is 14.6. The molecule has 0 aliphatic heterocycles. The van der Waals surface area contributed by atoms with Crippen molar-refractivity contribution in [2.75, 3.05) is 12.8 Å². The molecule has 0 spiro atoms. The van der Waals surface area contributed by atoms with Gasteiger partial charge in [-0.15, -0.1) is 0 Å². The Kier molecular flexibility index (Phi) is 5.49. The first-order chi connectivity index (χ1) is 9.56. The first-order valence-electron chi connectivity index (χ1n) is 6.91. The maximum atomic E-state index is 12.4. The van der Waals surface area contributed by atoms with Gasteiger partial charge in [-0.2, -0.15) is 11.8 Å². The van der Waals surface area contributed by atoms with E-state index in [-0.39, 0.29) is 6.04 Å². The monoisotopic (exact) mass is 314 g/mol. The van der Waals surface area contributed by atoms with Crippen LogP contribution in [0, 0.1) is 0 Å². The minimum atomic E-state index is -3.41. The van der Waals surface area contributed by atoms with Crippen molar-refractivity contribution < 1.29 is 8.42 Å². The maximum absolute atomic E-state index is 12.4. The molecule has 0 aromatic heterocycles. The van der Waals surface area contributed by atoms with Crippen LogP contribution in [0.4, 0.5) is 0 Å². The Bertz CT molecular complexity index is 529. The van der Waals surface area contributed by atoms with Crippen molar-refractivity contribution in [2.45, 2.75) is 41.9 Å². The minimum absolute atomic E-state index is 0.0544. The van der Waals surface area contributed by atoms with Gasteiger partial charge in [0.05, 0.1) is 4.90 Å². The number of nitrogens with two attached hydrogens (primary N) is 1. The largest absolute Gasteiger partial charge is 0.330 e. The highest BCUT2D eigenvalue weighted by atomic mass is 32.2. The molecule has 1 fully saturated rings. The molecule has 3 N–H and O–H groups in total. The Morgan fingerprint density at radius 2 is 2.00 bits per heavy atom. The van der Waals surface area contributed by atoms with E-state index in [1.807, 2.05) is 18.4 Å². The lowest BCUT2D eigenvalue weighted by Crippen LogP contribution is -2.38. The molecule has 2 rings (SSSR count). The highest BCUT2D eigenvalue weighted by Crippen LogP contribution is 2.29. The smallest absolute Gasteiger partial charge is 0.240 e. The van der Waals surface area contributed by atoms with E-state index in [4.69, 9.17) is 5.73 Å². The lowest BCUT2D eigenvalue weighted by atomic mass is 10.2. The molecule has 1 aromatic rings. The number of thioether (sulfide) groups is 1. The summed E-state index contributed by atoms with van der Waals surface area (Å²) in [4.78, 5) is 0.338. The molecule has 1 aliphatic rings. The summed E-state index contributed by atoms with van der Waals surface area (Å²) < 4.78 is 27.6. The van der Waals surface area contributed by atoms with Gasteiger partial charge in [0, 0.05) is 11.3 Å². The third-order valence-electron chi connectivity index (χ3n) is 3.73. The highest BCUT2D eigenvalue weighted by molar-refractivity contribution is 7.99. The predicted octanol–water partition coefficient (Wildman–Crippen LogP) is 1.75. The second-order valence-corrected chi connectivity index (χ2v) is 7.91. The van der Waals surface area contributed by atoms with Crippen LogP contribution >= 0.6 is 11.8 Å². The fourth-order valence-electron chi connectivity index (χ4n) is 2.61. The van der Waals surface area contributed by atoms with Gasteiger partial charge >= 0.3 is 0 Å². The first-order valence-corrected chi connectivity index (χ1v) is 9.68. The van der Waals surface area contributed by atoms with Crippen LogP contribution in [0.3, 0.4) is 0 Å². The molecule has 2 unspecified atom stereocenters. The Labute approximate surface area is 125 Å². The molecule has 2 atom stereocenters. The fourth-order valence-corrected chi connectivity index (χ4v) is 4.94. The molecule has 112 valence electrons. The Balaban J connectivity index is 2.09. The van der Waals surface area contributed by atoms with Crippen molar-refractivity contribution in [2.24, 2.45) is 5.73 Å². The molecule has 0 amide bonds. The van der Waals surface area contributed by atoms with Crippen molar-refractivity contribution in [1.29, 1.82) is 0 Å². The first kappa shape index (κ1) is 15.8. The SMILES string of the molecule is CSC1CCCC1NS(=O)(=O)c1ccc(CCN)cc1. The van der Waals surface area contributed by atoms with E-state index in [1.54, 1.807) is 23.9 Å². The van der Waals surface area contributed by atoms with Crippen molar-refractivity contribution in [3.63, 3.8) is 0 Å². The molecule has 1 aliphatic carbocycles. The topological polar surface area (TPSA) is 72.2 Å². The number of sulfonamides is 1. The Morgan fingerprint density at radius 3 is 2.60 bits per heavy atom. The quantitative estimate of drug-likeness (QED) is 0.839. The fraction of sp³-hybridized carbons (Fsp3) is 0.571. The van der Waals surface area contributed by atoms with E-state index in [0.717, 1.165) is 31.2 Å². The van der Waals surface area contributed by atoms with Crippen LogP contribution < -0.4 is 10.5 Å². The van der Waals surface area contributed by atoms with Gasteiger partial charge in [0.2, 0.25) is 10.0 Å². The summed E-state index contributed by atoms with van der Waals surface area (Å²) in [6.45, 7) is 0.571. The van der Waals surface area contributed by atoms with Crippen molar-refractivity contribution >= 4 is 21.8 Å². The summed E-state index contributed by atoms with van der Waals surface area (Å²) in [7, 11) is -3.41. The van der Waals surface area contributed by atoms with E-state index < -0.39 is 10.0 Å². The van der Waals surface area contributed by atoms with E-state index in [0.29, 0.717) is 16.7 Å². The summed E-state index contributed by atoms with van der Waals surface area (Å²) in [5, 5.41) is 0.390. The van der Waals surface area contributed by atoms with Gasteiger partial charge < -0.3 is 5.73 Å². The second kappa shape index (κ2) is 6.93. The molecule has 1 saturated carbocycles.